The van der Waals surface area contributed by atoms with Crippen LogP contribution in [0.15, 0.2) is 42.5 Å². The molecule has 0 aliphatic rings. The van der Waals surface area contributed by atoms with Gasteiger partial charge in [0, 0.05) is 12.7 Å². The lowest BCUT2D eigenvalue weighted by Crippen LogP contribution is -2.27. The first-order valence-electron chi connectivity index (χ1n) is 6.45. The van der Waals surface area contributed by atoms with Crippen LogP contribution in [0.4, 0.5) is 11.4 Å². The molecule has 3 N–H and O–H groups in total. The van der Waals surface area contributed by atoms with E-state index in [0.29, 0.717) is 11.3 Å². The van der Waals surface area contributed by atoms with E-state index in [1.54, 1.807) is 11.9 Å². The number of rotatable bonds is 3. The lowest BCUT2D eigenvalue weighted by Gasteiger charge is -2.19. The molecule has 2 aromatic carbocycles. The highest BCUT2D eigenvalue weighted by molar-refractivity contribution is 6.09. The molecule has 0 saturated heterocycles. The fraction of sp³-hybridized carbons (Fsp3) is 0.188. The lowest BCUT2D eigenvalue weighted by atomic mass is 10.1. The number of hydrogen-bond acceptors (Lipinski definition) is 3. The Labute approximate surface area is 119 Å². The molecule has 4 nitrogen and oxygen atoms in total. The van der Waals surface area contributed by atoms with E-state index in [-0.39, 0.29) is 5.91 Å². The maximum absolute atomic E-state index is 12.6. The molecule has 0 aromatic heterocycles. The number of anilines is 2. The summed E-state index contributed by atoms with van der Waals surface area (Å²) in [6, 6.07) is 13.4. The van der Waals surface area contributed by atoms with E-state index in [2.05, 4.69) is 5.43 Å². The van der Waals surface area contributed by atoms with E-state index >= 15 is 0 Å². The maximum Gasteiger partial charge on any atom is 0.260 e. The van der Waals surface area contributed by atoms with Crippen molar-refractivity contribution in [3.63, 3.8) is 0 Å². The van der Waals surface area contributed by atoms with Crippen molar-refractivity contribution in [3.05, 3.63) is 59.2 Å². The SMILES string of the molecule is Cc1ccc(N(C)C(=O)c2cc(C)ccc2NN)cc1. The third kappa shape index (κ3) is 2.81. The molecule has 0 unspecified atom stereocenters. The van der Waals surface area contributed by atoms with Gasteiger partial charge in [0.05, 0.1) is 11.3 Å². The van der Waals surface area contributed by atoms with Gasteiger partial charge in [0.1, 0.15) is 0 Å². The summed E-state index contributed by atoms with van der Waals surface area (Å²) >= 11 is 0. The first-order chi connectivity index (χ1) is 9.52. The molecular formula is C16H19N3O. The fourth-order valence-electron chi connectivity index (χ4n) is 2.03. The Kier molecular flexibility index (Phi) is 4.05. The second kappa shape index (κ2) is 5.75. The normalized spacial score (nSPS) is 10.2. The van der Waals surface area contributed by atoms with Gasteiger partial charge in [-0.05, 0) is 38.1 Å². The Morgan fingerprint density at radius 1 is 1.05 bits per heavy atom. The van der Waals surface area contributed by atoms with Gasteiger partial charge >= 0.3 is 0 Å². The predicted molar refractivity (Wildman–Crippen MR) is 82.9 cm³/mol. The number of carbonyl (C=O) groups is 1. The molecule has 2 rings (SSSR count). The van der Waals surface area contributed by atoms with Crippen molar-refractivity contribution in [1.82, 2.24) is 0 Å². The van der Waals surface area contributed by atoms with Crippen LogP contribution in [0.5, 0.6) is 0 Å². The Morgan fingerprint density at radius 2 is 1.65 bits per heavy atom. The molecule has 0 fully saturated rings. The topological polar surface area (TPSA) is 58.4 Å². The van der Waals surface area contributed by atoms with Crippen molar-refractivity contribution >= 4 is 17.3 Å². The van der Waals surface area contributed by atoms with E-state index in [9.17, 15) is 4.79 Å². The highest BCUT2D eigenvalue weighted by Crippen LogP contribution is 2.21. The quantitative estimate of drug-likeness (QED) is 0.665. The van der Waals surface area contributed by atoms with Crippen LogP contribution < -0.4 is 16.2 Å². The largest absolute Gasteiger partial charge is 0.323 e. The molecule has 0 aliphatic carbocycles. The van der Waals surface area contributed by atoms with Gasteiger partial charge in [-0.2, -0.15) is 0 Å². The zero-order valence-corrected chi connectivity index (χ0v) is 12.0. The smallest absolute Gasteiger partial charge is 0.260 e. The molecule has 0 aliphatic heterocycles. The Balaban J connectivity index is 2.35. The van der Waals surface area contributed by atoms with E-state index < -0.39 is 0 Å². The molecule has 4 heteroatoms. The van der Waals surface area contributed by atoms with Gasteiger partial charge in [-0.3, -0.25) is 10.6 Å². The van der Waals surface area contributed by atoms with Crippen LogP contribution in [0.25, 0.3) is 0 Å². The van der Waals surface area contributed by atoms with Crippen molar-refractivity contribution in [1.29, 1.82) is 0 Å². The van der Waals surface area contributed by atoms with Crippen molar-refractivity contribution in [2.24, 2.45) is 5.84 Å². The van der Waals surface area contributed by atoms with Crippen molar-refractivity contribution in [2.45, 2.75) is 13.8 Å². The third-order valence-corrected chi connectivity index (χ3v) is 3.29. The highest BCUT2D eigenvalue weighted by Gasteiger charge is 2.17. The Morgan fingerprint density at radius 3 is 2.25 bits per heavy atom. The summed E-state index contributed by atoms with van der Waals surface area (Å²) in [7, 11) is 1.76. The van der Waals surface area contributed by atoms with Crippen LogP contribution in [0, 0.1) is 13.8 Å². The number of nitrogens with zero attached hydrogens (tertiary/aromatic N) is 1. The number of amides is 1. The minimum atomic E-state index is -0.0921. The molecule has 0 radical (unpaired) electrons. The van der Waals surface area contributed by atoms with Crippen LogP contribution in [0.2, 0.25) is 0 Å². The van der Waals surface area contributed by atoms with Gasteiger partial charge in [-0.15, -0.1) is 0 Å². The Bertz CT molecular complexity index is 620. The van der Waals surface area contributed by atoms with Crippen molar-refractivity contribution in [2.75, 3.05) is 17.4 Å². The predicted octanol–water partition coefficient (Wildman–Crippen LogP) is 2.87. The minimum absolute atomic E-state index is 0.0921. The maximum atomic E-state index is 12.6. The molecule has 104 valence electrons. The zero-order chi connectivity index (χ0) is 14.7. The molecule has 20 heavy (non-hydrogen) atoms. The minimum Gasteiger partial charge on any atom is -0.323 e. The van der Waals surface area contributed by atoms with Gasteiger partial charge in [-0.1, -0.05) is 29.3 Å². The summed E-state index contributed by atoms with van der Waals surface area (Å²) in [5, 5.41) is 0. The standard InChI is InChI=1S/C16H19N3O/c1-11-4-7-13(8-5-11)19(3)16(20)14-10-12(2)6-9-15(14)18-17/h4-10,18H,17H2,1-3H3. The van der Waals surface area contributed by atoms with E-state index in [1.165, 1.54) is 0 Å². The molecule has 0 atom stereocenters. The lowest BCUT2D eigenvalue weighted by molar-refractivity contribution is 0.0993. The zero-order valence-electron chi connectivity index (χ0n) is 12.0. The first kappa shape index (κ1) is 14.1. The average molecular weight is 269 g/mol. The number of nitrogen functional groups attached to an aromatic ring is 1. The molecule has 0 spiro atoms. The van der Waals surface area contributed by atoms with Crippen LogP contribution in [-0.4, -0.2) is 13.0 Å². The fourth-order valence-corrected chi connectivity index (χ4v) is 2.03. The second-order valence-corrected chi connectivity index (χ2v) is 4.89. The van der Waals surface area contributed by atoms with Gasteiger partial charge in [-0.25, -0.2) is 0 Å². The summed E-state index contributed by atoms with van der Waals surface area (Å²) in [6.45, 7) is 3.96. The van der Waals surface area contributed by atoms with Crippen molar-refractivity contribution in [3.8, 4) is 0 Å². The van der Waals surface area contributed by atoms with Gasteiger partial charge in [0.2, 0.25) is 0 Å². The number of nitrogens with one attached hydrogen (secondary N) is 1. The van der Waals surface area contributed by atoms with E-state index in [1.807, 2.05) is 56.3 Å². The molecule has 0 bridgehead atoms. The second-order valence-electron chi connectivity index (χ2n) is 4.89. The Hall–Kier alpha value is -2.33. The first-order valence-corrected chi connectivity index (χ1v) is 6.45. The number of carbonyl (C=O) groups excluding carboxylic acids is 1. The van der Waals surface area contributed by atoms with Crippen LogP contribution in [0.1, 0.15) is 21.5 Å². The monoisotopic (exact) mass is 269 g/mol. The number of nitrogens with two attached hydrogens (primary N) is 1. The average Bonchev–Trinajstić information content (AvgIpc) is 2.46. The summed E-state index contributed by atoms with van der Waals surface area (Å²) in [6.07, 6.45) is 0. The van der Waals surface area contributed by atoms with Crippen molar-refractivity contribution < 1.29 is 4.79 Å². The third-order valence-electron chi connectivity index (χ3n) is 3.29. The molecule has 0 saturated carbocycles. The van der Waals surface area contributed by atoms with E-state index in [4.69, 9.17) is 5.84 Å². The number of hydrazine groups is 1. The summed E-state index contributed by atoms with van der Waals surface area (Å²) in [4.78, 5) is 14.2. The van der Waals surface area contributed by atoms with Crippen LogP contribution in [-0.2, 0) is 0 Å². The van der Waals surface area contributed by atoms with Crippen LogP contribution >= 0.6 is 0 Å². The van der Waals surface area contributed by atoms with Gasteiger partial charge < -0.3 is 10.3 Å². The number of aryl methyl sites for hydroxylation is 2. The highest BCUT2D eigenvalue weighted by atomic mass is 16.2. The van der Waals surface area contributed by atoms with E-state index in [0.717, 1.165) is 16.8 Å². The summed E-state index contributed by atoms with van der Waals surface area (Å²) < 4.78 is 0. The summed E-state index contributed by atoms with van der Waals surface area (Å²) in [5.74, 6) is 5.38. The molecule has 2 aromatic rings. The number of hydrogen-bond donors (Lipinski definition) is 2. The summed E-state index contributed by atoms with van der Waals surface area (Å²) in [5.41, 5.74) is 6.79. The van der Waals surface area contributed by atoms with Gasteiger partial charge in [0.25, 0.3) is 5.91 Å². The molecular weight excluding hydrogens is 250 g/mol. The van der Waals surface area contributed by atoms with Crippen LogP contribution in [0.3, 0.4) is 0 Å². The number of benzene rings is 2. The molecule has 0 heterocycles. The van der Waals surface area contributed by atoms with Gasteiger partial charge in [0.15, 0.2) is 0 Å². The molecule has 1 amide bonds.